The highest BCUT2D eigenvalue weighted by molar-refractivity contribution is 6.28. The third-order valence-electron chi connectivity index (χ3n) is 11.8. The van der Waals surface area contributed by atoms with Gasteiger partial charge < -0.3 is 13.7 Å². The number of benzene rings is 9. The average Bonchev–Trinajstić information content (AvgIpc) is 3.93. The molecule has 0 aliphatic rings. The molecular weight excluding hydrogens is 691 g/mol. The fourth-order valence-corrected chi connectivity index (χ4v) is 9.39. The van der Waals surface area contributed by atoms with E-state index in [1.165, 1.54) is 87.7 Å². The van der Waals surface area contributed by atoms with Gasteiger partial charge in [0, 0.05) is 49.4 Å². The van der Waals surface area contributed by atoms with Gasteiger partial charge in [0.2, 0.25) is 0 Å². The Morgan fingerprint density at radius 1 is 0.246 bits per heavy atom. The Labute approximate surface area is 329 Å². The third-order valence-corrected chi connectivity index (χ3v) is 11.8. The Hall–Kier alpha value is -7.62. The summed E-state index contributed by atoms with van der Waals surface area (Å²) in [6.07, 6.45) is 0. The van der Waals surface area contributed by atoms with Crippen LogP contribution in [0.2, 0.25) is 0 Å². The normalized spacial score (nSPS) is 11.9. The molecule has 9 aromatic carbocycles. The van der Waals surface area contributed by atoms with E-state index in [1.54, 1.807) is 0 Å². The van der Waals surface area contributed by atoms with E-state index in [9.17, 15) is 0 Å². The number of rotatable bonds is 5. The fraction of sp³-hybridized carbons (Fsp3) is 0. The zero-order chi connectivity index (χ0) is 37.5. The van der Waals surface area contributed by atoms with Crippen LogP contribution in [0.3, 0.4) is 0 Å². The van der Waals surface area contributed by atoms with Crippen LogP contribution in [0.5, 0.6) is 0 Å². The van der Waals surface area contributed by atoms with Crippen LogP contribution >= 0.6 is 0 Å². The standard InChI is InChI=1S/C54H35N3/c1-4-17-36(18-5-1)37-19-16-24-41(33-37)57-49-29-14-11-26-43(49)47-35-46(52-45-27-12-15-30-50(45)56(54(52)53(47)57)40-22-8-3-9-23-40)38-31-32-44-42-25-10-13-28-48(42)55(51(44)34-38)39-20-6-2-7-21-39/h1-35H. The largest absolute Gasteiger partial charge is 0.309 e. The van der Waals surface area contributed by atoms with Crippen LogP contribution < -0.4 is 0 Å². The molecule has 0 aliphatic carbocycles. The second-order valence-electron chi connectivity index (χ2n) is 14.9. The van der Waals surface area contributed by atoms with Gasteiger partial charge in [-0.2, -0.15) is 0 Å². The molecular formula is C54H35N3. The predicted octanol–water partition coefficient (Wildman–Crippen LogP) is 14.3. The molecule has 0 saturated heterocycles. The van der Waals surface area contributed by atoms with Crippen molar-refractivity contribution >= 4 is 65.4 Å². The summed E-state index contributed by atoms with van der Waals surface area (Å²) >= 11 is 0. The zero-order valence-electron chi connectivity index (χ0n) is 31.0. The molecule has 0 atom stereocenters. The number of para-hydroxylation sites is 5. The van der Waals surface area contributed by atoms with Gasteiger partial charge in [-0.3, -0.25) is 0 Å². The van der Waals surface area contributed by atoms with Crippen LogP contribution in [-0.2, 0) is 0 Å². The van der Waals surface area contributed by atoms with Gasteiger partial charge in [-0.05, 0) is 89.0 Å². The van der Waals surface area contributed by atoms with Crippen molar-refractivity contribution in [1.82, 2.24) is 13.7 Å². The maximum atomic E-state index is 2.50. The van der Waals surface area contributed by atoms with Gasteiger partial charge in [0.15, 0.2) is 0 Å². The van der Waals surface area contributed by atoms with Gasteiger partial charge in [-0.1, -0.05) is 146 Å². The molecule has 12 rings (SSSR count). The molecule has 266 valence electrons. The van der Waals surface area contributed by atoms with E-state index in [0.29, 0.717) is 0 Å². The summed E-state index contributed by atoms with van der Waals surface area (Å²) in [6, 6.07) is 77.5. The Bertz CT molecular complexity index is 3500. The third kappa shape index (κ3) is 4.73. The van der Waals surface area contributed by atoms with Gasteiger partial charge in [0.1, 0.15) is 0 Å². The van der Waals surface area contributed by atoms with Crippen molar-refractivity contribution in [2.24, 2.45) is 0 Å². The molecule has 0 aliphatic heterocycles. The van der Waals surface area contributed by atoms with Crippen LogP contribution in [0, 0.1) is 0 Å². The Kier molecular flexibility index (Phi) is 6.93. The lowest BCUT2D eigenvalue weighted by Crippen LogP contribution is -1.99. The van der Waals surface area contributed by atoms with E-state index in [2.05, 4.69) is 226 Å². The minimum absolute atomic E-state index is 1.13. The van der Waals surface area contributed by atoms with Crippen molar-refractivity contribution in [3.63, 3.8) is 0 Å². The quantitative estimate of drug-likeness (QED) is 0.168. The fourth-order valence-electron chi connectivity index (χ4n) is 9.39. The predicted molar refractivity (Wildman–Crippen MR) is 240 cm³/mol. The van der Waals surface area contributed by atoms with Crippen LogP contribution in [0.4, 0.5) is 0 Å². The van der Waals surface area contributed by atoms with Gasteiger partial charge in [0.05, 0.1) is 33.1 Å². The van der Waals surface area contributed by atoms with Crippen molar-refractivity contribution in [3.8, 4) is 39.3 Å². The molecule has 0 spiro atoms. The molecule has 0 fully saturated rings. The van der Waals surface area contributed by atoms with Crippen molar-refractivity contribution in [2.45, 2.75) is 0 Å². The van der Waals surface area contributed by atoms with Gasteiger partial charge in [-0.25, -0.2) is 0 Å². The highest BCUT2D eigenvalue weighted by atomic mass is 15.0. The minimum atomic E-state index is 1.13. The number of aromatic nitrogens is 3. The number of hydrogen-bond acceptors (Lipinski definition) is 0. The monoisotopic (exact) mass is 725 g/mol. The molecule has 0 saturated carbocycles. The Balaban J connectivity index is 1.26. The summed E-state index contributed by atoms with van der Waals surface area (Å²) in [7, 11) is 0. The van der Waals surface area contributed by atoms with E-state index in [-0.39, 0.29) is 0 Å². The van der Waals surface area contributed by atoms with E-state index >= 15 is 0 Å². The van der Waals surface area contributed by atoms with E-state index in [0.717, 1.165) is 17.1 Å². The first-order valence-electron chi connectivity index (χ1n) is 19.6. The summed E-state index contributed by atoms with van der Waals surface area (Å²) in [4.78, 5) is 0. The molecule has 3 heteroatoms. The van der Waals surface area contributed by atoms with Gasteiger partial charge in [-0.15, -0.1) is 0 Å². The Morgan fingerprint density at radius 2 is 0.737 bits per heavy atom. The highest BCUT2D eigenvalue weighted by Gasteiger charge is 2.25. The van der Waals surface area contributed by atoms with Crippen LogP contribution in [0.25, 0.3) is 105 Å². The average molecular weight is 726 g/mol. The van der Waals surface area contributed by atoms with E-state index in [4.69, 9.17) is 0 Å². The van der Waals surface area contributed by atoms with E-state index < -0.39 is 0 Å². The lowest BCUT2D eigenvalue weighted by Gasteiger charge is -2.15. The first kappa shape index (κ1) is 31.7. The summed E-state index contributed by atoms with van der Waals surface area (Å²) in [5.74, 6) is 0. The lowest BCUT2D eigenvalue weighted by molar-refractivity contribution is 1.15. The second kappa shape index (κ2) is 12.5. The Morgan fingerprint density at radius 3 is 1.44 bits per heavy atom. The molecule has 0 bridgehead atoms. The zero-order valence-corrected chi connectivity index (χ0v) is 31.0. The van der Waals surface area contributed by atoms with Crippen molar-refractivity contribution in [1.29, 1.82) is 0 Å². The molecule has 12 aromatic rings. The molecule has 0 unspecified atom stereocenters. The first-order valence-corrected chi connectivity index (χ1v) is 19.6. The maximum absolute atomic E-state index is 2.50. The van der Waals surface area contributed by atoms with E-state index in [1.807, 2.05) is 0 Å². The molecule has 0 radical (unpaired) electrons. The first-order chi connectivity index (χ1) is 28.3. The lowest BCUT2D eigenvalue weighted by atomic mass is 9.95. The molecule has 3 aromatic heterocycles. The summed E-state index contributed by atoms with van der Waals surface area (Å²) in [5, 5.41) is 7.42. The SMILES string of the molecule is c1ccc(-c2cccc(-n3c4ccccc4c4cc(-c5ccc6c7ccccc7n(-c7ccccc7)c6c5)c5c6ccccc6n(-c6ccccc6)c5c43)c2)cc1. The number of nitrogens with zero attached hydrogens (tertiary/aromatic N) is 3. The van der Waals surface area contributed by atoms with Gasteiger partial charge in [0.25, 0.3) is 0 Å². The number of hydrogen-bond donors (Lipinski definition) is 0. The summed E-state index contributed by atoms with van der Waals surface area (Å²) in [6.45, 7) is 0. The molecule has 0 amide bonds. The highest BCUT2D eigenvalue weighted by Crippen LogP contribution is 2.47. The second-order valence-corrected chi connectivity index (χ2v) is 14.9. The smallest absolute Gasteiger partial charge is 0.0795 e. The van der Waals surface area contributed by atoms with Gasteiger partial charge >= 0.3 is 0 Å². The van der Waals surface area contributed by atoms with Crippen LogP contribution in [-0.4, -0.2) is 13.7 Å². The molecule has 3 heterocycles. The van der Waals surface area contributed by atoms with Crippen LogP contribution in [0.1, 0.15) is 0 Å². The molecule has 0 N–H and O–H groups in total. The molecule has 3 nitrogen and oxygen atoms in total. The minimum Gasteiger partial charge on any atom is -0.309 e. The van der Waals surface area contributed by atoms with Crippen molar-refractivity contribution < 1.29 is 0 Å². The molecule has 57 heavy (non-hydrogen) atoms. The van der Waals surface area contributed by atoms with Crippen molar-refractivity contribution in [2.75, 3.05) is 0 Å². The summed E-state index contributed by atoms with van der Waals surface area (Å²) in [5.41, 5.74) is 15.4. The summed E-state index contributed by atoms with van der Waals surface area (Å²) < 4.78 is 7.41. The topological polar surface area (TPSA) is 14.8 Å². The van der Waals surface area contributed by atoms with Crippen molar-refractivity contribution in [3.05, 3.63) is 212 Å². The maximum Gasteiger partial charge on any atom is 0.0795 e. The van der Waals surface area contributed by atoms with Crippen LogP contribution in [0.15, 0.2) is 212 Å². The number of fused-ring (bicyclic) bond motifs is 10.